The van der Waals surface area contributed by atoms with Gasteiger partial charge < -0.3 is 4.74 Å². The third-order valence-corrected chi connectivity index (χ3v) is 2.99. The lowest BCUT2D eigenvalue weighted by atomic mass is 9.97. The molecular formula is C15H15ClN2O2. The zero-order valence-electron chi connectivity index (χ0n) is 11.5. The van der Waals surface area contributed by atoms with Gasteiger partial charge in [-0.1, -0.05) is 0 Å². The molecule has 5 heteroatoms. The lowest BCUT2D eigenvalue weighted by Gasteiger charge is -2.16. The molecule has 0 aromatic heterocycles. The van der Waals surface area contributed by atoms with Crippen LogP contribution in [-0.4, -0.2) is 11.8 Å². The molecule has 0 N–H and O–H groups in total. The van der Waals surface area contributed by atoms with Crippen molar-refractivity contribution in [2.75, 3.05) is 0 Å². The van der Waals surface area contributed by atoms with Crippen molar-refractivity contribution in [3.63, 3.8) is 0 Å². The van der Waals surface area contributed by atoms with E-state index in [1.54, 1.807) is 12.3 Å². The van der Waals surface area contributed by atoms with Gasteiger partial charge in [-0.3, -0.25) is 4.79 Å². The molecule has 0 bridgehead atoms. The van der Waals surface area contributed by atoms with Crippen LogP contribution >= 0.6 is 12.4 Å². The van der Waals surface area contributed by atoms with Gasteiger partial charge in [-0.15, -0.1) is 12.4 Å². The Hall–Kier alpha value is -1.94. The molecule has 4 nitrogen and oxygen atoms in total. The zero-order chi connectivity index (χ0) is 13.6. The summed E-state index contributed by atoms with van der Waals surface area (Å²) in [7, 11) is 0. The number of fused-ring (bicyclic) bond motifs is 2. The van der Waals surface area contributed by atoms with Crippen molar-refractivity contribution in [1.82, 2.24) is 0 Å². The number of hydrogen-bond acceptors (Lipinski definition) is 4. The molecule has 1 aromatic rings. The zero-order valence-corrected chi connectivity index (χ0v) is 12.3. The maximum Gasteiger partial charge on any atom is 0.316 e. The lowest BCUT2D eigenvalue weighted by Crippen LogP contribution is -2.27. The van der Waals surface area contributed by atoms with E-state index in [2.05, 4.69) is 9.98 Å². The van der Waals surface area contributed by atoms with E-state index in [0.29, 0.717) is 5.75 Å². The molecule has 20 heavy (non-hydrogen) atoms. The first-order valence-electron chi connectivity index (χ1n) is 6.15. The Kier molecular flexibility index (Phi) is 3.52. The highest BCUT2D eigenvalue weighted by Crippen LogP contribution is 2.19. The van der Waals surface area contributed by atoms with Crippen molar-refractivity contribution in [2.24, 2.45) is 15.4 Å². The molecule has 0 radical (unpaired) electrons. The van der Waals surface area contributed by atoms with Crippen molar-refractivity contribution >= 4 is 29.8 Å². The molecule has 0 saturated carbocycles. The van der Waals surface area contributed by atoms with Crippen LogP contribution in [0.2, 0.25) is 0 Å². The number of rotatable bonds is 1. The average Bonchev–Trinajstić information content (AvgIpc) is 2.88. The molecule has 2 heterocycles. The Labute approximate surface area is 123 Å². The minimum absolute atomic E-state index is 0. The third-order valence-electron chi connectivity index (χ3n) is 2.99. The van der Waals surface area contributed by atoms with Crippen LogP contribution in [0.3, 0.4) is 0 Å². The van der Waals surface area contributed by atoms with Crippen LogP contribution in [0, 0.1) is 5.41 Å². The molecule has 0 atom stereocenters. The molecule has 0 saturated heterocycles. The first kappa shape index (κ1) is 14.5. The second-order valence-corrected chi connectivity index (χ2v) is 5.61. The van der Waals surface area contributed by atoms with Crippen LogP contribution in [0.5, 0.6) is 5.75 Å². The minimum atomic E-state index is -0.517. The number of ether oxygens (including phenoxy) is 1. The fourth-order valence-electron chi connectivity index (χ4n) is 1.89. The summed E-state index contributed by atoms with van der Waals surface area (Å²) in [5.41, 5.74) is 0.472. The summed E-state index contributed by atoms with van der Waals surface area (Å²) in [6.07, 6.45) is 3.64. The fourth-order valence-corrected chi connectivity index (χ4v) is 1.89. The standard InChI is InChI=1S/C15H14N2O2.ClH/c1-15(2,3)14(18)19-9-4-5-12-11(8-9)10-6-7-16-13(10)17-12;/h4-8H,1-3H3;1H. The summed E-state index contributed by atoms with van der Waals surface area (Å²) in [5.74, 6) is 1.03. The van der Waals surface area contributed by atoms with E-state index in [1.807, 2.05) is 39.0 Å². The Morgan fingerprint density at radius 3 is 2.70 bits per heavy atom. The van der Waals surface area contributed by atoms with E-state index < -0.39 is 5.41 Å². The van der Waals surface area contributed by atoms with E-state index >= 15 is 0 Å². The monoisotopic (exact) mass is 290 g/mol. The van der Waals surface area contributed by atoms with Crippen molar-refractivity contribution in [1.29, 1.82) is 0 Å². The second-order valence-electron chi connectivity index (χ2n) is 5.61. The quantitative estimate of drug-likeness (QED) is 0.585. The summed E-state index contributed by atoms with van der Waals surface area (Å²) in [5, 5.41) is 1.83. The Morgan fingerprint density at radius 2 is 2.00 bits per heavy atom. The maximum absolute atomic E-state index is 11.9. The van der Waals surface area contributed by atoms with Gasteiger partial charge in [0.15, 0.2) is 5.84 Å². The smallest absolute Gasteiger partial charge is 0.316 e. The number of hydrogen-bond donors (Lipinski definition) is 0. The number of carbonyl (C=O) groups is 1. The predicted octanol–water partition coefficient (Wildman–Crippen LogP) is 1.77. The number of amidine groups is 1. The Balaban J connectivity index is 0.00000147. The normalized spacial score (nSPS) is 14.9. The van der Waals surface area contributed by atoms with Crippen LogP contribution in [0.1, 0.15) is 20.8 Å². The lowest BCUT2D eigenvalue weighted by molar-refractivity contribution is -0.143. The van der Waals surface area contributed by atoms with Crippen LogP contribution in [0.15, 0.2) is 40.5 Å². The highest BCUT2D eigenvalue weighted by atomic mass is 35.5. The van der Waals surface area contributed by atoms with Gasteiger partial charge in [0.2, 0.25) is 0 Å². The maximum atomic E-state index is 11.9. The van der Waals surface area contributed by atoms with Crippen molar-refractivity contribution in [2.45, 2.75) is 20.8 Å². The highest BCUT2D eigenvalue weighted by molar-refractivity contribution is 6.24. The topological polar surface area (TPSA) is 51.0 Å². The van der Waals surface area contributed by atoms with Crippen LogP contribution in [-0.2, 0) is 4.79 Å². The van der Waals surface area contributed by atoms with E-state index in [1.165, 1.54) is 0 Å². The van der Waals surface area contributed by atoms with Crippen LogP contribution in [0.25, 0.3) is 5.57 Å². The van der Waals surface area contributed by atoms with Gasteiger partial charge in [-0.2, -0.15) is 0 Å². The van der Waals surface area contributed by atoms with Crippen LogP contribution < -0.4 is 15.3 Å². The Morgan fingerprint density at radius 1 is 1.25 bits per heavy atom. The summed E-state index contributed by atoms with van der Waals surface area (Å²) in [6.45, 7) is 5.49. The number of esters is 1. The van der Waals surface area contributed by atoms with Gasteiger partial charge >= 0.3 is 5.97 Å². The van der Waals surface area contributed by atoms with Gasteiger partial charge in [0.25, 0.3) is 0 Å². The van der Waals surface area contributed by atoms with Gasteiger partial charge in [-0.05, 0) is 45.0 Å². The molecule has 0 spiro atoms. The number of carbonyl (C=O) groups excluding carboxylic acids is 1. The van der Waals surface area contributed by atoms with E-state index in [0.717, 1.165) is 22.0 Å². The summed E-state index contributed by atoms with van der Waals surface area (Å²) in [6, 6.07) is 5.45. The molecular weight excluding hydrogens is 276 g/mol. The van der Waals surface area contributed by atoms with Gasteiger partial charge in [0.05, 0.1) is 10.8 Å². The van der Waals surface area contributed by atoms with E-state index in [-0.39, 0.29) is 18.4 Å². The van der Waals surface area contributed by atoms with Gasteiger partial charge in [0.1, 0.15) is 5.75 Å². The van der Waals surface area contributed by atoms with Gasteiger partial charge in [-0.25, -0.2) is 9.98 Å². The van der Waals surface area contributed by atoms with Crippen molar-refractivity contribution in [3.05, 3.63) is 41.1 Å². The molecule has 0 unspecified atom stereocenters. The van der Waals surface area contributed by atoms with Gasteiger partial charge in [0, 0.05) is 17.0 Å². The van der Waals surface area contributed by atoms with Crippen LogP contribution in [0.4, 0.5) is 0 Å². The second kappa shape index (κ2) is 4.87. The minimum Gasteiger partial charge on any atom is -0.426 e. The number of nitrogens with zero attached hydrogens (tertiary/aromatic N) is 2. The molecule has 0 fully saturated rings. The molecule has 3 rings (SSSR count). The highest BCUT2D eigenvalue weighted by Gasteiger charge is 2.24. The molecule has 2 aliphatic rings. The van der Waals surface area contributed by atoms with E-state index in [9.17, 15) is 4.79 Å². The van der Waals surface area contributed by atoms with E-state index in [4.69, 9.17) is 4.74 Å². The number of halogens is 1. The summed E-state index contributed by atoms with van der Waals surface area (Å²) < 4.78 is 5.39. The fraction of sp³-hybridized carbons (Fsp3) is 0.267. The number of benzene rings is 1. The molecule has 104 valence electrons. The Bertz CT molecular complexity index is 755. The molecule has 0 amide bonds. The largest absolute Gasteiger partial charge is 0.426 e. The third kappa shape index (κ3) is 2.39. The number of aliphatic imine (C=N–C) groups is 1. The molecule has 0 aliphatic carbocycles. The molecule has 2 aliphatic heterocycles. The predicted molar refractivity (Wildman–Crippen MR) is 79.5 cm³/mol. The average molecular weight is 291 g/mol. The van der Waals surface area contributed by atoms with Crippen molar-refractivity contribution in [3.8, 4) is 5.75 Å². The first-order chi connectivity index (χ1) is 8.95. The summed E-state index contributed by atoms with van der Waals surface area (Å²) >= 11 is 0. The first-order valence-corrected chi connectivity index (χ1v) is 6.15. The SMILES string of the molecule is CC(C)(C)C(=O)Oc1ccc2c(c1)=C1C=CN=C1N=2.Cl. The molecule has 1 aromatic carbocycles. The summed E-state index contributed by atoms with van der Waals surface area (Å²) in [4.78, 5) is 20.4. The van der Waals surface area contributed by atoms with Crippen molar-refractivity contribution < 1.29 is 9.53 Å².